The van der Waals surface area contributed by atoms with Gasteiger partial charge in [0.15, 0.2) is 5.78 Å². The molecule has 0 atom stereocenters. The van der Waals surface area contributed by atoms with Gasteiger partial charge in [0.2, 0.25) is 0 Å². The van der Waals surface area contributed by atoms with Crippen LogP contribution >= 0.6 is 0 Å². The Morgan fingerprint density at radius 1 is 0.852 bits per heavy atom. The molecule has 0 bridgehead atoms. The zero-order valence-electron chi connectivity index (χ0n) is 15.3. The van der Waals surface area contributed by atoms with Crippen LogP contribution in [0.4, 0.5) is 4.39 Å². The fourth-order valence-electron chi connectivity index (χ4n) is 2.87. The molecule has 0 aliphatic rings. The molecule has 0 unspecified atom stereocenters. The number of ketones is 1. The Hall–Kier alpha value is -3.27. The van der Waals surface area contributed by atoms with Crippen LogP contribution in [0.1, 0.15) is 37.4 Å². The molecule has 3 nitrogen and oxygen atoms in total. The number of carbonyl (C=O) groups excluding carboxylic acids is 2. The molecule has 3 aromatic carbocycles. The van der Waals surface area contributed by atoms with Crippen molar-refractivity contribution in [2.24, 2.45) is 0 Å². The lowest BCUT2D eigenvalue weighted by Crippen LogP contribution is -2.28. The molecule has 1 amide bonds. The SMILES string of the molecule is Cc1ccc(C(=O)c2ccccc2C(=O)N(C)Cc2ccc(F)cc2)cc1. The monoisotopic (exact) mass is 361 g/mol. The summed E-state index contributed by atoms with van der Waals surface area (Å²) in [7, 11) is 1.67. The van der Waals surface area contributed by atoms with Crippen LogP contribution in [0.25, 0.3) is 0 Å². The first-order valence-electron chi connectivity index (χ1n) is 8.66. The molecular weight excluding hydrogens is 341 g/mol. The normalized spacial score (nSPS) is 10.5. The number of halogens is 1. The van der Waals surface area contributed by atoms with Gasteiger partial charge in [-0.1, -0.05) is 60.2 Å². The third-order valence-electron chi connectivity index (χ3n) is 4.40. The van der Waals surface area contributed by atoms with Crippen molar-refractivity contribution in [2.45, 2.75) is 13.5 Å². The maximum absolute atomic E-state index is 13.1. The lowest BCUT2D eigenvalue weighted by Gasteiger charge is -2.19. The molecule has 0 radical (unpaired) electrons. The van der Waals surface area contributed by atoms with Gasteiger partial charge in [0.05, 0.1) is 5.56 Å². The highest BCUT2D eigenvalue weighted by Gasteiger charge is 2.20. The summed E-state index contributed by atoms with van der Waals surface area (Å²) in [6.07, 6.45) is 0. The highest BCUT2D eigenvalue weighted by molar-refractivity contribution is 6.15. The standard InChI is InChI=1S/C23H20FNO2/c1-16-7-11-18(12-8-16)22(26)20-5-3-4-6-21(20)23(27)25(2)15-17-9-13-19(24)14-10-17/h3-14H,15H2,1-2H3. The van der Waals surface area contributed by atoms with Crippen molar-refractivity contribution < 1.29 is 14.0 Å². The van der Waals surface area contributed by atoms with E-state index in [0.717, 1.165) is 11.1 Å². The molecule has 0 heterocycles. The molecule has 0 aromatic heterocycles. The Labute approximate surface area is 158 Å². The summed E-state index contributed by atoms with van der Waals surface area (Å²) in [4.78, 5) is 27.3. The second kappa shape index (κ2) is 7.96. The van der Waals surface area contributed by atoms with E-state index in [9.17, 15) is 14.0 Å². The van der Waals surface area contributed by atoms with Crippen LogP contribution in [0.15, 0.2) is 72.8 Å². The number of nitrogens with zero attached hydrogens (tertiary/aromatic N) is 1. The maximum Gasteiger partial charge on any atom is 0.254 e. The molecular formula is C23H20FNO2. The summed E-state index contributed by atoms with van der Waals surface area (Å²) in [5.41, 5.74) is 3.15. The summed E-state index contributed by atoms with van der Waals surface area (Å²) < 4.78 is 13.1. The average Bonchev–Trinajstić information content (AvgIpc) is 2.69. The summed E-state index contributed by atoms with van der Waals surface area (Å²) in [6, 6.07) is 20.1. The predicted molar refractivity (Wildman–Crippen MR) is 103 cm³/mol. The minimum absolute atomic E-state index is 0.186. The smallest absolute Gasteiger partial charge is 0.254 e. The van der Waals surface area contributed by atoms with Crippen LogP contribution in [-0.4, -0.2) is 23.6 Å². The average molecular weight is 361 g/mol. The zero-order valence-corrected chi connectivity index (χ0v) is 15.3. The molecule has 0 aliphatic heterocycles. The molecule has 136 valence electrons. The molecule has 0 spiro atoms. The number of hydrogen-bond donors (Lipinski definition) is 0. The Balaban J connectivity index is 1.85. The van der Waals surface area contributed by atoms with Gasteiger partial charge in [0.1, 0.15) is 5.82 Å². The van der Waals surface area contributed by atoms with Crippen LogP contribution in [0, 0.1) is 12.7 Å². The predicted octanol–water partition coefficient (Wildman–Crippen LogP) is 4.64. The molecule has 4 heteroatoms. The van der Waals surface area contributed by atoms with Crippen LogP contribution in [0.2, 0.25) is 0 Å². The fourth-order valence-corrected chi connectivity index (χ4v) is 2.87. The van der Waals surface area contributed by atoms with E-state index in [0.29, 0.717) is 23.2 Å². The Kier molecular flexibility index (Phi) is 5.46. The van der Waals surface area contributed by atoms with Gasteiger partial charge in [-0.3, -0.25) is 9.59 Å². The summed E-state index contributed by atoms with van der Waals surface area (Å²) in [5.74, 6) is -0.758. The van der Waals surface area contributed by atoms with Crippen molar-refractivity contribution in [3.63, 3.8) is 0 Å². The van der Waals surface area contributed by atoms with Crippen molar-refractivity contribution in [1.82, 2.24) is 4.90 Å². The topological polar surface area (TPSA) is 37.4 Å². The largest absolute Gasteiger partial charge is 0.337 e. The quantitative estimate of drug-likeness (QED) is 0.621. The van der Waals surface area contributed by atoms with Gasteiger partial charge in [-0.25, -0.2) is 4.39 Å². The number of rotatable bonds is 5. The van der Waals surface area contributed by atoms with Crippen LogP contribution < -0.4 is 0 Å². The summed E-state index contributed by atoms with van der Waals surface area (Å²) >= 11 is 0. The van der Waals surface area contributed by atoms with E-state index in [2.05, 4.69) is 0 Å². The fraction of sp³-hybridized carbons (Fsp3) is 0.130. The number of benzene rings is 3. The van der Waals surface area contributed by atoms with Crippen LogP contribution in [-0.2, 0) is 6.54 Å². The van der Waals surface area contributed by atoms with Crippen molar-refractivity contribution in [1.29, 1.82) is 0 Å². The van der Waals surface area contributed by atoms with Crippen LogP contribution in [0.3, 0.4) is 0 Å². The zero-order chi connectivity index (χ0) is 19.4. The van der Waals surface area contributed by atoms with Gasteiger partial charge in [-0.05, 0) is 30.7 Å². The van der Waals surface area contributed by atoms with Gasteiger partial charge in [0, 0.05) is 24.7 Å². The Morgan fingerprint density at radius 3 is 2.07 bits per heavy atom. The van der Waals surface area contributed by atoms with E-state index < -0.39 is 0 Å². The molecule has 0 saturated carbocycles. The molecule has 0 saturated heterocycles. The van der Waals surface area contributed by atoms with E-state index in [1.54, 1.807) is 55.6 Å². The molecule has 0 fully saturated rings. The molecule has 3 rings (SSSR count). The highest BCUT2D eigenvalue weighted by atomic mass is 19.1. The van der Waals surface area contributed by atoms with Crippen molar-refractivity contribution in [3.8, 4) is 0 Å². The number of aryl methyl sites for hydroxylation is 1. The first-order chi connectivity index (χ1) is 13.0. The second-order valence-electron chi connectivity index (χ2n) is 6.53. The maximum atomic E-state index is 13.1. The second-order valence-corrected chi connectivity index (χ2v) is 6.53. The minimum Gasteiger partial charge on any atom is -0.337 e. The Bertz CT molecular complexity index is 962. The number of hydrogen-bond acceptors (Lipinski definition) is 2. The first-order valence-corrected chi connectivity index (χ1v) is 8.66. The Morgan fingerprint density at radius 2 is 1.44 bits per heavy atom. The number of carbonyl (C=O) groups is 2. The van der Waals surface area contributed by atoms with Gasteiger partial charge in [-0.2, -0.15) is 0 Å². The van der Waals surface area contributed by atoms with E-state index >= 15 is 0 Å². The lowest BCUT2D eigenvalue weighted by molar-refractivity contribution is 0.0780. The molecule has 27 heavy (non-hydrogen) atoms. The lowest BCUT2D eigenvalue weighted by atomic mass is 9.97. The van der Waals surface area contributed by atoms with Crippen molar-refractivity contribution in [2.75, 3.05) is 7.05 Å². The number of amides is 1. The van der Waals surface area contributed by atoms with Crippen LogP contribution in [0.5, 0.6) is 0 Å². The van der Waals surface area contributed by atoms with Gasteiger partial charge < -0.3 is 4.90 Å². The van der Waals surface area contributed by atoms with Gasteiger partial charge in [0.25, 0.3) is 5.91 Å². The van der Waals surface area contributed by atoms with E-state index in [1.165, 1.54) is 17.0 Å². The summed E-state index contributed by atoms with van der Waals surface area (Å²) in [5, 5.41) is 0. The van der Waals surface area contributed by atoms with E-state index in [-0.39, 0.29) is 17.5 Å². The van der Waals surface area contributed by atoms with Gasteiger partial charge >= 0.3 is 0 Å². The molecule has 3 aromatic rings. The first kappa shape index (κ1) is 18.5. The highest BCUT2D eigenvalue weighted by Crippen LogP contribution is 2.18. The third-order valence-corrected chi connectivity index (χ3v) is 4.40. The molecule has 0 aliphatic carbocycles. The van der Waals surface area contributed by atoms with E-state index in [4.69, 9.17) is 0 Å². The van der Waals surface area contributed by atoms with Crippen molar-refractivity contribution >= 4 is 11.7 Å². The van der Waals surface area contributed by atoms with Gasteiger partial charge in [-0.15, -0.1) is 0 Å². The third kappa shape index (κ3) is 4.29. The summed E-state index contributed by atoms with van der Waals surface area (Å²) in [6.45, 7) is 2.28. The molecule has 0 N–H and O–H groups in total. The van der Waals surface area contributed by atoms with E-state index in [1.807, 2.05) is 19.1 Å². The van der Waals surface area contributed by atoms with Crippen molar-refractivity contribution in [3.05, 3.63) is 106 Å². The minimum atomic E-state index is -0.318.